The van der Waals surface area contributed by atoms with Crippen molar-refractivity contribution in [3.8, 4) is 5.75 Å². The Labute approximate surface area is 119 Å². The van der Waals surface area contributed by atoms with Crippen molar-refractivity contribution in [3.63, 3.8) is 0 Å². The van der Waals surface area contributed by atoms with E-state index in [4.69, 9.17) is 27.4 Å². The van der Waals surface area contributed by atoms with Crippen LogP contribution in [0.2, 0.25) is 10.0 Å². The van der Waals surface area contributed by atoms with Crippen LogP contribution < -0.4 is 4.18 Å². The van der Waals surface area contributed by atoms with Crippen LogP contribution in [0.5, 0.6) is 5.75 Å². The van der Waals surface area contributed by atoms with Crippen molar-refractivity contribution in [2.45, 2.75) is 4.90 Å². The van der Waals surface area contributed by atoms with Crippen molar-refractivity contribution < 1.29 is 17.0 Å². The van der Waals surface area contributed by atoms with Gasteiger partial charge in [-0.15, -0.1) is 0 Å². The fraction of sp³-hybridized carbons (Fsp3) is 0. The zero-order chi connectivity index (χ0) is 14.0. The Bertz CT molecular complexity index is 696. The van der Waals surface area contributed by atoms with E-state index < -0.39 is 21.7 Å². The van der Waals surface area contributed by atoms with Gasteiger partial charge in [0.1, 0.15) is 4.90 Å². The quantitative estimate of drug-likeness (QED) is 0.805. The van der Waals surface area contributed by atoms with Gasteiger partial charge in [0.05, 0.1) is 10.0 Å². The topological polar surface area (TPSA) is 43.4 Å². The Morgan fingerprint density at radius 2 is 1.53 bits per heavy atom. The summed E-state index contributed by atoms with van der Waals surface area (Å²) in [5.41, 5.74) is 0. The van der Waals surface area contributed by atoms with Crippen molar-refractivity contribution in [1.82, 2.24) is 0 Å². The van der Waals surface area contributed by atoms with Crippen LogP contribution in [0.3, 0.4) is 0 Å². The summed E-state index contributed by atoms with van der Waals surface area (Å²) in [7, 11) is -4.30. The summed E-state index contributed by atoms with van der Waals surface area (Å²) in [5.74, 6) is -1.22. The number of hydrogen-bond acceptors (Lipinski definition) is 3. The van der Waals surface area contributed by atoms with Crippen LogP contribution in [-0.2, 0) is 10.1 Å². The van der Waals surface area contributed by atoms with Gasteiger partial charge in [-0.1, -0.05) is 41.4 Å². The molecule has 0 atom stereocenters. The van der Waals surface area contributed by atoms with Gasteiger partial charge in [0.15, 0.2) is 11.6 Å². The minimum atomic E-state index is -4.30. The molecule has 19 heavy (non-hydrogen) atoms. The molecule has 0 radical (unpaired) electrons. The van der Waals surface area contributed by atoms with Gasteiger partial charge in [0.25, 0.3) is 0 Å². The molecule has 2 aromatic carbocycles. The largest absolute Gasteiger partial charge is 0.376 e. The molecule has 0 spiro atoms. The van der Waals surface area contributed by atoms with Gasteiger partial charge in [0.2, 0.25) is 0 Å². The lowest BCUT2D eigenvalue weighted by atomic mass is 10.3. The van der Waals surface area contributed by atoms with Gasteiger partial charge >= 0.3 is 10.1 Å². The van der Waals surface area contributed by atoms with E-state index in [1.165, 1.54) is 36.4 Å². The van der Waals surface area contributed by atoms with E-state index in [1.807, 2.05) is 0 Å². The van der Waals surface area contributed by atoms with E-state index in [9.17, 15) is 12.8 Å². The first-order valence-corrected chi connectivity index (χ1v) is 7.21. The molecule has 2 aromatic rings. The highest BCUT2D eigenvalue weighted by Gasteiger charge is 2.24. The molecule has 0 saturated heterocycles. The highest BCUT2D eigenvalue weighted by Crippen LogP contribution is 2.31. The molecule has 0 aliphatic heterocycles. The van der Waals surface area contributed by atoms with Crippen LogP contribution in [0.25, 0.3) is 0 Å². The van der Waals surface area contributed by atoms with Crippen LogP contribution in [0.1, 0.15) is 0 Å². The molecule has 0 saturated carbocycles. The van der Waals surface area contributed by atoms with E-state index >= 15 is 0 Å². The van der Waals surface area contributed by atoms with E-state index in [2.05, 4.69) is 0 Å². The van der Waals surface area contributed by atoms with Crippen molar-refractivity contribution in [1.29, 1.82) is 0 Å². The molecule has 0 aromatic heterocycles. The SMILES string of the molecule is O=S(=O)(Oc1ccccc1F)c1c(Cl)cccc1Cl. The zero-order valence-electron chi connectivity index (χ0n) is 9.31. The zero-order valence-corrected chi connectivity index (χ0v) is 11.6. The summed E-state index contributed by atoms with van der Waals surface area (Å²) < 4.78 is 42.2. The van der Waals surface area contributed by atoms with E-state index in [0.29, 0.717) is 0 Å². The third-order valence-electron chi connectivity index (χ3n) is 2.21. The molecule has 0 aliphatic carbocycles. The average Bonchev–Trinajstić information content (AvgIpc) is 2.31. The molecular formula is C12H7Cl2FO3S. The maximum atomic E-state index is 13.4. The van der Waals surface area contributed by atoms with Crippen molar-refractivity contribution in [2.24, 2.45) is 0 Å². The lowest BCUT2D eigenvalue weighted by Crippen LogP contribution is -2.11. The van der Waals surface area contributed by atoms with Crippen molar-refractivity contribution in [3.05, 3.63) is 58.3 Å². The maximum Gasteiger partial charge on any atom is 0.342 e. The summed E-state index contributed by atoms with van der Waals surface area (Å²) in [6.45, 7) is 0. The van der Waals surface area contributed by atoms with Gasteiger partial charge in [-0.2, -0.15) is 8.42 Å². The van der Waals surface area contributed by atoms with Crippen LogP contribution in [0.15, 0.2) is 47.4 Å². The number of rotatable bonds is 3. The Morgan fingerprint density at radius 3 is 2.11 bits per heavy atom. The molecule has 0 N–H and O–H groups in total. The summed E-state index contributed by atoms with van der Waals surface area (Å²) in [5, 5.41) is -0.187. The lowest BCUT2D eigenvalue weighted by molar-refractivity contribution is 0.461. The number of hydrogen-bond donors (Lipinski definition) is 0. The Morgan fingerprint density at radius 1 is 0.947 bits per heavy atom. The number of halogens is 3. The lowest BCUT2D eigenvalue weighted by Gasteiger charge is -2.10. The van der Waals surface area contributed by atoms with Crippen LogP contribution in [0.4, 0.5) is 4.39 Å². The molecule has 7 heteroatoms. The smallest absolute Gasteiger partial charge is 0.342 e. The minimum absolute atomic E-state index is 0.0937. The molecule has 0 heterocycles. The van der Waals surface area contributed by atoms with Gasteiger partial charge in [-0.25, -0.2) is 4.39 Å². The molecule has 3 nitrogen and oxygen atoms in total. The highest BCUT2D eigenvalue weighted by atomic mass is 35.5. The van der Waals surface area contributed by atoms with E-state index in [1.54, 1.807) is 0 Å². The number of benzene rings is 2. The van der Waals surface area contributed by atoms with Crippen molar-refractivity contribution >= 4 is 33.3 Å². The maximum absolute atomic E-state index is 13.4. The van der Waals surface area contributed by atoms with Crippen LogP contribution >= 0.6 is 23.2 Å². The van der Waals surface area contributed by atoms with E-state index in [-0.39, 0.29) is 14.9 Å². The summed E-state index contributed by atoms with van der Waals surface area (Å²) in [4.78, 5) is -0.387. The average molecular weight is 321 g/mol. The normalized spacial score (nSPS) is 11.3. The fourth-order valence-corrected chi connectivity index (χ4v) is 3.43. The first kappa shape index (κ1) is 14.1. The molecular weight excluding hydrogens is 314 g/mol. The highest BCUT2D eigenvalue weighted by molar-refractivity contribution is 7.87. The second-order valence-corrected chi connectivity index (χ2v) is 5.82. The Balaban J connectivity index is 2.47. The van der Waals surface area contributed by atoms with Gasteiger partial charge < -0.3 is 4.18 Å². The Hall–Kier alpha value is -1.30. The Kier molecular flexibility index (Phi) is 3.99. The summed E-state index contributed by atoms with van der Waals surface area (Å²) >= 11 is 11.6. The van der Waals surface area contributed by atoms with Gasteiger partial charge in [-0.3, -0.25) is 0 Å². The molecule has 2 rings (SSSR count). The third kappa shape index (κ3) is 3.00. The van der Waals surface area contributed by atoms with Gasteiger partial charge in [-0.05, 0) is 24.3 Å². The molecule has 0 amide bonds. The second-order valence-electron chi connectivity index (χ2n) is 3.52. The first-order valence-electron chi connectivity index (χ1n) is 5.05. The fourth-order valence-electron chi connectivity index (χ4n) is 1.39. The second kappa shape index (κ2) is 5.36. The van der Waals surface area contributed by atoms with E-state index in [0.717, 1.165) is 6.07 Å². The number of para-hydroxylation sites is 1. The van der Waals surface area contributed by atoms with Gasteiger partial charge in [0, 0.05) is 0 Å². The minimum Gasteiger partial charge on any atom is -0.376 e. The third-order valence-corrected chi connectivity index (χ3v) is 4.40. The van der Waals surface area contributed by atoms with Crippen LogP contribution in [-0.4, -0.2) is 8.42 Å². The summed E-state index contributed by atoms with van der Waals surface area (Å²) in [6, 6.07) is 9.33. The first-order chi connectivity index (χ1) is 8.92. The standard InChI is InChI=1S/C12H7Cl2FO3S/c13-8-4-3-5-9(14)12(8)19(16,17)18-11-7-2-1-6-10(11)15/h1-7H. The molecule has 0 fully saturated rings. The molecule has 0 aliphatic rings. The predicted octanol–water partition coefficient (Wildman–Crippen LogP) is 3.90. The summed E-state index contributed by atoms with van der Waals surface area (Å²) in [6.07, 6.45) is 0. The molecule has 0 bridgehead atoms. The monoisotopic (exact) mass is 320 g/mol. The van der Waals surface area contributed by atoms with Crippen LogP contribution in [0, 0.1) is 5.82 Å². The molecule has 0 unspecified atom stereocenters. The van der Waals surface area contributed by atoms with Crippen molar-refractivity contribution in [2.75, 3.05) is 0 Å². The molecule has 100 valence electrons. The predicted molar refractivity (Wildman–Crippen MR) is 70.7 cm³/mol.